The quantitative estimate of drug-likeness (QED) is 0.569. The Bertz CT molecular complexity index is 348. The second-order valence-corrected chi connectivity index (χ2v) is 3.03. The van der Waals surface area contributed by atoms with Crippen molar-refractivity contribution in [2.24, 2.45) is 0 Å². The van der Waals surface area contributed by atoms with Gasteiger partial charge < -0.3 is 4.74 Å². The molecule has 2 nitrogen and oxygen atoms in total. The van der Waals surface area contributed by atoms with Crippen LogP contribution in [0.3, 0.4) is 0 Å². The molecule has 0 heterocycles. The Balaban J connectivity index is 2.65. The molecule has 0 atom stereocenters. The third-order valence-corrected chi connectivity index (χ3v) is 1.86. The molecule has 0 aliphatic carbocycles. The summed E-state index contributed by atoms with van der Waals surface area (Å²) in [5, 5.41) is 8.49. The average molecular weight is 214 g/mol. The molecular weight excluding hydrogens is 205 g/mol. The second kappa shape index (κ2) is 5.46. The first kappa shape index (κ1) is 10.8. The SMILES string of the molecule is N#Cc1ccc(OCCCCl)c(F)c1. The van der Waals surface area contributed by atoms with Gasteiger partial charge in [0.25, 0.3) is 0 Å². The number of hydrogen-bond donors (Lipinski definition) is 0. The van der Waals surface area contributed by atoms with E-state index in [1.54, 1.807) is 0 Å². The predicted molar refractivity (Wildman–Crippen MR) is 51.9 cm³/mol. The molecule has 1 aromatic carbocycles. The number of hydrogen-bond acceptors (Lipinski definition) is 2. The molecule has 1 rings (SSSR count). The van der Waals surface area contributed by atoms with Crippen LogP contribution in [0.2, 0.25) is 0 Å². The van der Waals surface area contributed by atoms with Gasteiger partial charge in [-0.25, -0.2) is 4.39 Å². The maximum absolute atomic E-state index is 13.2. The fraction of sp³-hybridized carbons (Fsp3) is 0.300. The van der Waals surface area contributed by atoms with E-state index >= 15 is 0 Å². The van der Waals surface area contributed by atoms with Crippen LogP contribution in [0.15, 0.2) is 18.2 Å². The lowest BCUT2D eigenvalue weighted by molar-refractivity contribution is 0.302. The molecule has 0 radical (unpaired) electrons. The number of nitrogens with zero attached hydrogens (tertiary/aromatic N) is 1. The third-order valence-electron chi connectivity index (χ3n) is 1.60. The lowest BCUT2D eigenvalue weighted by Crippen LogP contribution is -1.99. The number of halogens is 2. The van der Waals surface area contributed by atoms with Gasteiger partial charge in [-0.1, -0.05) is 0 Å². The summed E-state index contributed by atoms with van der Waals surface area (Å²) in [6, 6.07) is 5.95. The van der Waals surface area contributed by atoms with Crippen LogP contribution in [0.5, 0.6) is 5.75 Å². The van der Waals surface area contributed by atoms with Crippen molar-refractivity contribution in [1.82, 2.24) is 0 Å². The highest BCUT2D eigenvalue weighted by molar-refractivity contribution is 6.17. The van der Waals surface area contributed by atoms with Crippen LogP contribution in [0, 0.1) is 17.1 Å². The molecule has 4 heteroatoms. The highest BCUT2D eigenvalue weighted by Gasteiger charge is 2.03. The van der Waals surface area contributed by atoms with E-state index in [0.717, 1.165) is 6.07 Å². The zero-order chi connectivity index (χ0) is 10.4. The van der Waals surface area contributed by atoms with Crippen molar-refractivity contribution in [3.05, 3.63) is 29.6 Å². The van der Waals surface area contributed by atoms with Gasteiger partial charge in [0.1, 0.15) is 0 Å². The van der Waals surface area contributed by atoms with Crippen LogP contribution in [0.4, 0.5) is 4.39 Å². The monoisotopic (exact) mass is 213 g/mol. The van der Waals surface area contributed by atoms with Gasteiger partial charge in [0, 0.05) is 5.88 Å². The smallest absolute Gasteiger partial charge is 0.166 e. The predicted octanol–water partition coefficient (Wildman–Crippen LogP) is 2.71. The van der Waals surface area contributed by atoms with Gasteiger partial charge in [-0.05, 0) is 24.6 Å². The van der Waals surface area contributed by atoms with Crippen molar-refractivity contribution >= 4 is 11.6 Å². The Morgan fingerprint density at radius 2 is 2.29 bits per heavy atom. The van der Waals surface area contributed by atoms with Crippen LogP contribution in [-0.2, 0) is 0 Å². The lowest BCUT2D eigenvalue weighted by atomic mass is 10.2. The Hall–Kier alpha value is -1.27. The van der Waals surface area contributed by atoms with Gasteiger partial charge in [-0.2, -0.15) is 5.26 Å². The summed E-state index contributed by atoms with van der Waals surface area (Å²) in [6.07, 6.45) is 0.668. The minimum Gasteiger partial charge on any atom is -0.490 e. The van der Waals surface area contributed by atoms with E-state index in [9.17, 15) is 4.39 Å². The Labute approximate surface area is 86.9 Å². The second-order valence-electron chi connectivity index (χ2n) is 2.65. The molecule has 0 saturated carbocycles. The molecule has 0 saturated heterocycles. The maximum atomic E-state index is 13.2. The van der Waals surface area contributed by atoms with Gasteiger partial charge in [0.15, 0.2) is 11.6 Å². The van der Waals surface area contributed by atoms with Crippen molar-refractivity contribution in [1.29, 1.82) is 5.26 Å². The maximum Gasteiger partial charge on any atom is 0.166 e. The van der Waals surface area contributed by atoms with Crippen molar-refractivity contribution in [2.45, 2.75) is 6.42 Å². The number of alkyl halides is 1. The minimum atomic E-state index is -0.515. The summed E-state index contributed by atoms with van der Waals surface area (Å²) in [6.45, 7) is 0.381. The molecular formula is C10H9ClFNO. The van der Waals surface area contributed by atoms with Crippen molar-refractivity contribution in [3.8, 4) is 11.8 Å². The van der Waals surface area contributed by atoms with E-state index in [0.29, 0.717) is 18.9 Å². The fourth-order valence-electron chi connectivity index (χ4n) is 0.924. The van der Waals surface area contributed by atoms with Crippen molar-refractivity contribution in [3.63, 3.8) is 0 Å². The molecule has 74 valence electrons. The molecule has 0 fully saturated rings. The van der Waals surface area contributed by atoms with E-state index in [1.807, 2.05) is 6.07 Å². The van der Waals surface area contributed by atoms with Crippen LogP contribution >= 0.6 is 11.6 Å². The van der Waals surface area contributed by atoms with Gasteiger partial charge >= 0.3 is 0 Å². The van der Waals surface area contributed by atoms with Crippen LogP contribution in [0.1, 0.15) is 12.0 Å². The van der Waals surface area contributed by atoms with Gasteiger partial charge in [-0.15, -0.1) is 11.6 Å². The van der Waals surface area contributed by atoms with E-state index < -0.39 is 5.82 Å². The molecule has 0 aliphatic rings. The highest BCUT2D eigenvalue weighted by atomic mass is 35.5. The molecule has 14 heavy (non-hydrogen) atoms. The Kier molecular flexibility index (Phi) is 4.21. The number of rotatable bonds is 4. The van der Waals surface area contributed by atoms with Crippen LogP contribution in [-0.4, -0.2) is 12.5 Å². The average Bonchev–Trinajstić information content (AvgIpc) is 2.20. The van der Waals surface area contributed by atoms with E-state index in [2.05, 4.69) is 0 Å². The third kappa shape index (κ3) is 2.90. The summed E-state index contributed by atoms with van der Waals surface area (Å²) in [4.78, 5) is 0. The zero-order valence-corrected chi connectivity index (χ0v) is 8.22. The molecule has 0 N–H and O–H groups in total. The Morgan fingerprint density at radius 3 is 2.86 bits per heavy atom. The van der Waals surface area contributed by atoms with Crippen molar-refractivity contribution in [2.75, 3.05) is 12.5 Å². The standard InChI is InChI=1S/C10H9ClFNO/c11-4-1-5-14-10-3-2-8(7-13)6-9(10)12/h2-3,6H,1,4-5H2. The molecule has 1 aromatic rings. The van der Waals surface area contributed by atoms with Gasteiger partial charge in [-0.3, -0.25) is 0 Å². The van der Waals surface area contributed by atoms with Crippen LogP contribution < -0.4 is 4.74 Å². The normalized spacial score (nSPS) is 9.50. The van der Waals surface area contributed by atoms with E-state index in [1.165, 1.54) is 12.1 Å². The number of benzene rings is 1. The molecule has 0 aromatic heterocycles. The summed E-state index contributed by atoms with van der Waals surface area (Å²) in [7, 11) is 0. The van der Waals surface area contributed by atoms with E-state index in [4.69, 9.17) is 21.6 Å². The summed E-state index contributed by atoms with van der Waals surface area (Å²) in [5.41, 5.74) is 0.284. The summed E-state index contributed by atoms with van der Waals surface area (Å²) >= 11 is 5.44. The summed E-state index contributed by atoms with van der Waals surface area (Å²) in [5.74, 6) is 0.130. The summed E-state index contributed by atoms with van der Waals surface area (Å²) < 4.78 is 18.3. The molecule has 0 bridgehead atoms. The molecule has 0 aliphatic heterocycles. The van der Waals surface area contributed by atoms with Gasteiger partial charge in [0.2, 0.25) is 0 Å². The first-order chi connectivity index (χ1) is 6.77. The fourth-order valence-corrected chi connectivity index (χ4v) is 1.03. The first-order valence-corrected chi connectivity index (χ1v) is 4.70. The number of nitriles is 1. The topological polar surface area (TPSA) is 33.0 Å². The minimum absolute atomic E-state index is 0.161. The highest BCUT2D eigenvalue weighted by Crippen LogP contribution is 2.17. The van der Waals surface area contributed by atoms with Crippen molar-refractivity contribution < 1.29 is 9.13 Å². The van der Waals surface area contributed by atoms with Gasteiger partial charge in [0.05, 0.1) is 18.2 Å². The first-order valence-electron chi connectivity index (χ1n) is 4.16. The molecule has 0 spiro atoms. The molecule has 0 unspecified atom stereocenters. The lowest BCUT2D eigenvalue weighted by Gasteiger charge is -2.05. The molecule has 0 amide bonds. The largest absolute Gasteiger partial charge is 0.490 e. The Morgan fingerprint density at radius 1 is 1.50 bits per heavy atom. The zero-order valence-electron chi connectivity index (χ0n) is 7.46. The number of ether oxygens (including phenoxy) is 1. The van der Waals surface area contributed by atoms with Crippen LogP contribution in [0.25, 0.3) is 0 Å². The van der Waals surface area contributed by atoms with E-state index in [-0.39, 0.29) is 11.3 Å².